The standard InChI is InChI=1S/C18H17ClN2O3/c1-11-18(23)21-15-10-13(7-8-16(15)24-11)20-17(22)9-6-12-4-2-3-5-14(12)19/h2-5,7-8,10-11H,6,9H2,1H3,(H,20,22)(H,21,23). The molecule has 2 aromatic carbocycles. The molecule has 0 spiro atoms. The first-order valence-electron chi connectivity index (χ1n) is 7.68. The maximum atomic E-state index is 12.1. The predicted octanol–water partition coefficient (Wildman–Crippen LogP) is 3.63. The summed E-state index contributed by atoms with van der Waals surface area (Å²) >= 11 is 6.09. The van der Waals surface area contributed by atoms with Gasteiger partial charge in [-0.2, -0.15) is 0 Å². The van der Waals surface area contributed by atoms with Crippen LogP contribution >= 0.6 is 11.6 Å². The van der Waals surface area contributed by atoms with Crippen LogP contribution in [0.1, 0.15) is 18.9 Å². The molecule has 2 aromatic rings. The summed E-state index contributed by atoms with van der Waals surface area (Å²) in [6, 6.07) is 12.6. The van der Waals surface area contributed by atoms with E-state index in [4.69, 9.17) is 16.3 Å². The average molecular weight is 345 g/mol. The third-order valence-corrected chi connectivity index (χ3v) is 4.14. The largest absolute Gasteiger partial charge is 0.479 e. The normalized spacial score (nSPS) is 15.9. The lowest BCUT2D eigenvalue weighted by molar-refractivity contribution is -0.122. The van der Waals surface area contributed by atoms with Crippen LogP contribution in [-0.2, 0) is 16.0 Å². The number of hydrogen-bond donors (Lipinski definition) is 2. The van der Waals surface area contributed by atoms with Gasteiger partial charge in [0.1, 0.15) is 5.75 Å². The minimum atomic E-state index is -0.520. The zero-order valence-corrected chi connectivity index (χ0v) is 13.9. The zero-order chi connectivity index (χ0) is 17.1. The van der Waals surface area contributed by atoms with Gasteiger partial charge in [-0.25, -0.2) is 0 Å². The highest BCUT2D eigenvalue weighted by Gasteiger charge is 2.23. The van der Waals surface area contributed by atoms with Crippen molar-refractivity contribution >= 4 is 34.8 Å². The van der Waals surface area contributed by atoms with E-state index in [2.05, 4.69) is 10.6 Å². The van der Waals surface area contributed by atoms with Gasteiger partial charge in [-0.05, 0) is 43.2 Å². The molecule has 2 amide bonds. The maximum Gasteiger partial charge on any atom is 0.265 e. The van der Waals surface area contributed by atoms with Crippen LogP contribution in [0.3, 0.4) is 0 Å². The van der Waals surface area contributed by atoms with Crippen molar-refractivity contribution in [2.75, 3.05) is 10.6 Å². The highest BCUT2D eigenvalue weighted by molar-refractivity contribution is 6.31. The first-order valence-corrected chi connectivity index (χ1v) is 8.05. The van der Waals surface area contributed by atoms with E-state index in [1.807, 2.05) is 24.3 Å². The van der Waals surface area contributed by atoms with Crippen LogP contribution in [0.25, 0.3) is 0 Å². The molecule has 124 valence electrons. The molecule has 1 aliphatic heterocycles. The fraction of sp³-hybridized carbons (Fsp3) is 0.222. The number of aryl methyl sites for hydroxylation is 1. The Balaban J connectivity index is 1.62. The monoisotopic (exact) mass is 344 g/mol. The van der Waals surface area contributed by atoms with Gasteiger partial charge in [0.15, 0.2) is 6.10 Å². The minimum absolute atomic E-state index is 0.119. The summed E-state index contributed by atoms with van der Waals surface area (Å²) in [7, 11) is 0. The topological polar surface area (TPSA) is 67.4 Å². The van der Waals surface area contributed by atoms with Gasteiger partial charge in [0.2, 0.25) is 5.91 Å². The second kappa shape index (κ2) is 6.93. The lowest BCUT2D eigenvalue weighted by atomic mass is 10.1. The number of nitrogens with one attached hydrogen (secondary N) is 2. The van der Waals surface area contributed by atoms with Gasteiger partial charge in [-0.1, -0.05) is 29.8 Å². The summed E-state index contributed by atoms with van der Waals surface area (Å²) in [6.45, 7) is 1.68. The highest BCUT2D eigenvalue weighted by Crippen LogP contribution is 2.32. The molecule has 0 bridgehead atoms. The molecule has 1 unspecified atom stereocenters. The summed E-state index contributed by atoms with van der Waals surface area (Å²) in [6.07, 6.45) is 0.364. The van der Waals surface area contributed by atoms with Crippen molar-refractivity contribution in [3.63, 3.8) is 0 Å². The quantitative estimate of drug-likeness (QED) is 0.890. The predicted molar refractivity (Wildman–Crippen MR) is 93.6 cm³/mol. The number of carbonyl (C=O) groups is 2. The summed E-state index contributed by atoms with van der Waals surface area (Å²) in [5.41, 5.74) is 2.10. The van der Waals surface area contributed by atoms with E-state index in [-0.39, 0.29) is 11.8 Å². The third kappa shape index (κ3) is 3.68. The zero-order valence-electron chi connectivity index (χ0n) is 13.1. The molecule has 0 radical (unpaired) electrons. The van der Waals surface area contributed by atoms with Crippen molar-refractivity contribution in [1.82, 2.24) is 0 Å². The number of carbonyl (C=O) groups excluding carboxylic acids is 2. The molecule has 0 saturated heterocycles. The Morgan fingerprint density at radius 2 is 2.08 bits per heavy atom. The third-order valence-electron chi connectivity index (χ3n) is 3.77. The van der Waals surface area contributed by atoms with Crippen molar-refractivity contribution in [2.24, 2.45) is 0 Å². The molecule has 24 heavy (non-hydrogen) atoms. The lowest BCUT2D eigenvalue weighted by Gasteiger charge is -2.23. The van der Waals surface area contributed by atoms with Crippen LogP contribution < -0.4 is 15.4 Å². The fourth-order valence-electron chi connectivity index (χ4n) is 2.46. The molecular weight excluding hydrogens is 328 g/mol. The minimum Gasteiger partial charge on any atom is -0.479 e. The van der Waals surface area contributed by atoms with E-state index in [1.54, 1.807) is 25.1 Å². The van der Waals surface area contributed by atoms with Gasteiger partial charge in [-0.3, -0.25) is 9.59 Å². The SMILES string of the molecule is CC1Oc2ccc(NC(=O)CCc3ccccc3Cl)cc2NC1=O. The molecule has 3 rings (SSSR count). The Kier molecular flexibility index (Phi) is 4.71. The smallest absolute Gasteiger partial charge is 0.265 e. The van der Waals surface area contributed by atoms with Crippen molar-refractivity contribution < 1.29 is 14.3 Å². The number of fused-ring (bicyclic) bond motifs is 1. The molecule has 6 heteroatoms. The van der Waals surface area contributed by atoms with Gasteiger partial charge in [0, 0.05) is 17.1 Å². The van der Waals surface area contributed by atoms with Gasteiger partial charge in [-0.15, -0.1) is 0 Å². The average Bonchev–Trinajstić information content (AvgIpc) is 2.55. The van der Waals surface area contributed by atoms with Gasteiger partial charge in [0.25, 0.3) is 5.91 Å². The Labute approximate surface area is 145 Å². The number of benzene rings is 2. The number of halogens is 1. The first-order chi connectivity index (χ1) is 11.5. The fourth-order valence-corrected chi connectivity index (χ4v) is 2.69. The number of ether oxygens (including phenoxy) is 1. The van der Waals surface area contributed by atoms with Crippen LogP contribution in [0.5, 0.6) is 5.75 Å². The Hall–Kier alpha value is -2.53. The molecule has 0 aliphatic carbocycles. The van der Waals surface area contributed by atoms with Crippen LogP contribution in [0, 0.1) is 0 Å². The van der Waals surface area contributed by atoms with E-state index in [9.17, 15) is 9.59 Å². The number of rotatable bonds is 4. The van der Waals surface area contributed by atoms with Crippen molar-refractivity contribution in [1.29, 1.82) is 0 Å². The van der Waals surface area contributed by atoms with Crippen molar-refractivity contribution in [2.45, 2.75) is 25.9 Å². The lowest BCUT2D eigenvalue weighted by Crippen LogP contribution is -2.34. The molecule has 1 aliphatic rings. The molecule has 0 saturated carbocycles. The van der Waals surface area contributed by atoms with E-state index in [0.717, 1.165) is 5.56 Å². The summed E-state index contributed by atoms with van der Waals surface area (Å²) in [5, 5.41) is 6.24. The molecule has 0 aromatic heterocycles. The Morgan fingerprint density at radius 3 is 2.88 bits per heavy atom. The number of anilines is 2. The number of hydrogen-bond acceptors (Lipinski definition) is 3. The summed E-state index contributed by atoms with van der Waals surface area (Å²) < 4.78 is 5.48. The van der Waals surface area contributed by atoms with Crippen LogP contribution in [-0.4, -0.2) is 17.9 Å². The first kappa shape index (κ1) is 16.3. The van der Waals surface area contributed by atoms with Gasteiger partial charge in [0.05, 0.1) is 5.69 Å². The Bertz CT molecular complexity index is 792. The van der Waals surface area contributed by atoms with Crippen molar-refractivity contribution in [3.05, 3.63) is 53.1 Å². The Morgan fingerprint density at radius 1 is 1.29 bits per heavy atom. The molecule has 1 heterocycles. The molecule has 0 fully saturated rings. The number of amides is 2. The van der Waals surface area contributed by atoms with Crippen LogP contribution in [0.15, 0.2) is 42.5 Å². The van der Waals surface area contributed by atoms with E-state index in [1.165, 1.54) is 0 Å². The molecular formula is C18H17ClN2O3. The molecule has 5 nitrogen and oxygen atoms in total. The maximum absolute atomic E-state index is 12.1. The van der Waals surface area contributed by atoms with Crippen molar-refractivity contribution in [3.8, 4) is 5.75 Å². The van der Waals surface area contributed by atoms with E-state index >= 15 is 0 Å². The second-order valence-electron chi connectivity index (χ2n) is 5.60. The van der Waals surface area contributed by atoms with Gasteiger partial charge < -0.3 is 15.4 Å². The highest BCUT2D eigenvalue weighted by atomic mass is 35.5. The molecule has 2 N–H and O–H groups in total. The summed E-state index contributed by atoms with van der Waals surface area (Å²) in [5.74, 6) is 0.271. The second-order valence-corrected chi connectivity index (χ2v) is 6.01. The van der Waals surface area contributed by atoms with E-state index in [0.29, 0.717) is 35.0 Å². The van der Waals surface area contributed by atoms with Crippen LogP contribution in [0.4, 0.5) is 11.4 Å². The van der Waals surface area contributed by atoms with Gasteiger partial charge >= 0.3 is 0 Å². The molecule has 1 atom stereocenters. The van der Waals surface area contributed by atoms with E-state index < -0.39 is 6.10 Å². The van der Waals surface area contributed by atoms with Crippen LogP contribution in [0.2, 0.25) is 5.02 Å². The summed E-state index contributed by atoms with van der Waals surface area (Å²) in [4.78, 5) is 23.8.